The molecule has 5 heteroatoms. The van der Waals surface area contributed by atoms with Gasteiger partial charge in [0.25, 0.3) is 0 Å². The number of fused-ring (bicyclic) bond motifs is 1. The summed E-state index contributed by atoms with van der Waals surface area (Å²) in [7, 11) is 0. The van der Waals surface area contributed by atoms with E-state index in [-0.39, 0.29) is 5.92 Å². The van der Waals surface area contributed by atoms with Crippen molar-refractivity contribution in [3.8, 4) is 0 Å². The van der Waals surface area contributed by atoms with Gasteiger partial charge in [-0.25, -0.2) is 0 Å². The zero-order valence-electron chi connectivity index (χ0n) is 13.3. The summed E-state index contributed by atoms with van der Waals surface area (Å²) in [4.78, 5) is 14.9. The first-order valence-corrected chi connectivity index (χ1v) is 8.51. The molecule has 0 saturated carbocycles. The average Bonchev–Trinajstić information content (AvgIpc) is 3.15. The molecule has 2 aliphatic rings. The topological polar surface area (TPSA) is 51.0 Å². The minimum Gasteiger partial charge on any atom is -0.342 e. The van der Waals surface area contributed by atoms with Gasteiger partial charge in [-0.05, 0) is 43.2 Å². The van der Waals surface area contributed by atoms with E-state index in [4.69, 9.17) is 0 Å². The minimum absolute atomic E-state index is 0.163. The van der Waals surface area contributed by atoms with Crippen LogP contribution in [0.4, 0.5) is 0 Å². The molecule has 1 amide bonds. The molecule has 23 heavy (non-hydrogen) atoms. The largest absolute Gasteiger partial charge is 0.342 e. The Bertz CT molecular complexity index is 674. The van der Waals surface area contributed by atoms with E-state index in [0.717, 1.165) is 45.2 Å². The molecule has 2 aromatic rings. The highest BCUT2D eigenvalue weighted by molar-refractivity contribution is 5.79. The summed E-state index contributed by atoms with van der Waals surface area (Å²) in [5.41, 5.74) is 2.78. The zero-order valence-corrected chi connectivity index (χ0v) is 13.3. The summed E-state index contributed by atoms with van der Waals surface area (Å²) in [6, 6.07) is 8.97. The maximum Gasteiger partial charge on any atom is 0.226 e. The summed E-state index contributed by atoms with van der Waals surface area (Å²) in [5, 5.41) is 7.76. The van der Waals surface area contributed by atoms with Crippen molar-refractivity contribution in [3.05, 3.63) is 48.0 Å². The van der Waals surface area contributed by atoms with E-state index in [9.17, 15) is 4.79 Å². The van der Waals surface area contributed by atoms with Gasteiger partial charge < -0.3 is 9.47 Å². The molecule has 0 spiro atoms. The summed E-state index contributed by atoms with van der Waals surface area (Å²) in [6.07, 6.45) is 8.46. The van der Waals surface area contributed by atoms with Gasteiger partial charge in [-0.15, -0.1) is 10.2 Å². The van der Waals surface area contributed by atoms with E-state index in [1.54, 1.807) is 12.7 Å². The number of aromatic nitrogens is 3. The van der Waals surface area contributed by atoms with Crippen LogP contribution in [0.25, 0.3) is 0 Å². The second kappa shape index (κ2) is 6.14. The smallest absolute Gasteiger partial charge is 0.226 e. The van der Waals surface area contributed by atoms with Crippen molar-refractivity contribution < 1.29 is 4.79 Å². The maximum atomic E-state index is 12.9. The Morgan fingerprint density at radius 2 is 1.70 bits per heavy atom. The predicted octanol–water partition coefficient (Wildman–Crippen LogP) is 2.25. The molecular formula is C18H22N4O. The molecule has 1 aromatic carbocycles. The Hall–Kier alpha value is -2.17. The Balaban J connectivity index is 1.37. The van der Waals surface area contributed by atoms with Crippen molar-refractivity contribution in [1.29, 1.82) is 0 Å². The number of amides is 1. The van der Waals surface area contributed by atoms with Gasteiger partial charge in [-0.3, -0.25) is 4.79 Å². The number of benzene rings is 1. The number of hydrogen-bond donors (Lipinski definition) is 0. The van der Waals surface area contributed by atoms with Crippen LogP contribution in [-0.2, 0) is 17.6 Å². The normalized spacial score (nSPS) is 21.9. The van der Waals surface area contributed by atoms with Crippen LogP contribution in [0.3, 0.4) is 0 Å². The van der Waals surface area contributed by atoms with Gasteiger partial charge in [0, 0.05) is 25.0 Å². The number of likely N-dealkylation sites (tertiary alicyclic amines) is 1. The highest BCUT2D eigenvalue weighted by atomic mass is 16.2. The third-order valence-corrected chi connectivity index (χ3v) is 5.33. The van der Waals surface area contributed by atoms with Crippen molar-refractivity contribution in [2.75, 3.05) is 13.1 Å². The lowest BCUT2D eigenvalue weighted by Gasteiger charge is -2.35. The summed E-state index contributed by atoms with van der Waals surface area (Å²) in [6.45, 7) is 1.69. The fourth-order valence-corrected chi connectivity index (χ4v) is 3.95. The number of aryl methyl sites for hydroxylation is 1. The molecule has 1 fully saturated rings. The van der Waals surface area contributed by atoms with Crippen molar-refractivity contribution in [3.63, 3.8) is 0 Å². The fraction of sp³-hybridized carbons (Fsp3) is 0.500. The van der Waals surface area contributed by atoms with Crippen LogP contribution in [0.15, 0.2) is 36.9 Å². The van der Waals surface area contributed by atoms with Crippen LogP contribution < -0.4 is 0 Å². The molecule has 2 heterocycles. The number of hydrogen-bond acceptors (Lipinski definition) is 3. The monoisotopic (exact) mass is 310 g/mol. The Labute approximate surface area is 136 Å². The lowest BCUT2D eigenvalue weighted by atomic mass is 9.83. The molecule has 1 aliphatic heterocycles. The molecule has 1 atom stereocenters. The van der Waals surface area contributed by atoms with Crippen LogP contribution in [-0.4, -0.2) is 38.7 Å². The van der Waals surface area contributed by atoms with Crippen molar-refractivity contribution in [2.45, 2.75) is 38.1 Å². The highest BCUT2D eigenvalue weighted by Crippen LogP contribution is 2.29. The molecule has 4 rings (SSSR count). The van der Waals surface area contributed by atoms with Gasteiger partial charge in [0.1, 0.15) is 12.7 Å². The van der Waals surface area contributed by atoms with Crippen LogP contribution in [0.1, 0.15) is 36.4 Å². The average molecular weight is 310 g/mol. The molecule has 0 bridgehead atoms. The Morgan fingerprint density at radius 3 is 2.43 bits per heavy atom. The molecule has 0 N–H and O–H groups in total. The molecule has 5 nitrogen and oxygen atoms in total. The Morgan fingerprint density at radius 1 is 1.00 bits per heavy atom. The first-order chi connectivity index (χ1) is 11.3. The maximum absolute atomic E-state index is 12.9. The fourth-order valence-electron chi connectivity index (χ4n) is 3.95. The first kappa shape index (κ1) is 14.4. The van der Waals surface area contributed by atoms with Gasteiger partial charge in [0.05, 0.1) is 0 Å². The van der Waals surface area contributed by atoms with Crippen LogP contribution in [0.5, 0.6) is 0 Å². The van der Waals surface area contributed by atoms with E-state index < -0.39 is 0 Å². The Kier molecular flexibility index (Phi) is 3.85. The van der Waals surface area contributed by atoms with Crippen molar-refractivity contribution in [2.24, 2.45) is 5.92 Å². The summed E-state index contributed by atoms with van der Waals surface area (Å²) in [5.74, 6) is 0.512. The van der Waals surface area contributed by atoms with Crippen molar-refractivity contribution >= 4 is 5.91 Å². The summed E-state index contributed by atoms with van der Waals surface area (Å²) < 4.78 is 2.07. The standard InChI is InChI=1S/C18H22N4O/c23-18(16-6-5-14-3-1-2-4-15(14)11-16)21-9-7-17(8-10-21)22-12-19-20-13-22/h1-4,12-13,16-17H,5-11H2. The second-order valence-corrected chi connectivity index (χ2v) is 6.67. The van der Waals surface area contributed by atoms with Gasteiger partial charge in [0.15, 0.2) is 0 Å². The summed E-state index contributed by atoms with van der Waals surface area (Å²) >= 11 is 0. The van der Waals surface area contributed by atoms with Crippen molar-refractivity contribution in [1.82, 2.24) is 19.7 Å². The number of carbonyl (C=O) groups excluding carboxylic acids is 1. The molecule has 0 radical (unpaired) electrons. The van der Waals surface area contributed by atoms with Crippen LogP contribution in [0.2, 0.25) is 0 Å². The molecule has 1 saturated heterocycles. The highest BCUT2D eigenvalue weighted by Gasteiger charge is 2.30. The van der Waals surface area contributed by atoms with E-state index >= 15 is 0 Å². The third-order valence-electron chi connectivity index (χ3n) is 5.33. The zero-order chi connectivity index (χ0) is 15.6. The minimum atomic E-state index is 0.163. The van der Waals surface area contributed by atoms with Crippen LogP contribution >= 0.6 is 0 Å². The lowest BCUT2D eigenvalue weighted by Crippen LogP contribution is -2.43. The van der Waals surface area contributed by atoms with Gasteiger partial charge in [0.2, 0.25) is 5.91 Å². The molecule has 1 unspecified atom stereocenters. The molecule has 120 valence electrons. The molecule has 1 aliphatic carbocycles. The van der Waals surface area contributed by atoms with E-state index in [1.165, 1.54) is 11.1 Å². The van der Waals surface area contributed by atoms with Gasteiger partial charge in [-0.2, -0.15) is 0 Å². The van der Waals surface area contributed by atoms with E-state index in [2.05, 4.69) is 43.9 Å². The predicted molar refractivity (Wildman–Crippen MR) is 86.8 cm³/mol. The SMILES string of the molecule is O=C(C1CCc2ccccc2C1)N1CCC(n2cnnc2)CC1. The number of nitrogens with zero attached hydrogens (tertiary/aromatic N) is 4. The number of rotatable bonds is 2. The number of piperidine rings is 1. The van der Waals surface area contributed by atoms with Gasteiger partial charge in [-0.1, -0.05) is 24.3 Å². The first-order valence-electron chi connectivity index (χ1n) is 8.51. The third kappa shape index (κ3) is 2.87. The quantitative estimate of drug-likeness (QED) is 0.855. The second-order valence-electron chi connectivity index (χ2n) is 6.67. The number of carbonyl (C=O) groups is 1. The van der Waals surface area contributed by atoms with Gasteiger partial charge >= 0.3 is 0 Å². The van der Waals surface area contributed by atoms with E-state index in [1.807, 2.05) is 0 Å². The molecule has 1 aromatic heterocycles. The lowest BCUT2D eigenvalue weighted by molar-refractivity contribution is -0.137. The van der Waals surface area contributed by atoms with E-state index in [0.29, 0.717) is 11.9 Å². The molecular weight excluding hydrogens is 288 g/mol. The van der Waals surface area contributed by atoms with Crippen LogP contribution in [0, 0.1) is 5.92 Å².